The lowest BCUT2D eigenvalue weighted by atomic mass is 10.2. The smallest absolute Gasteiger partial charge is 0.323 e. The Bertz CT molecular complexity index is 867. The summed E-state index contributed by atoms with van der Waals surface area (Å²) in [5.41, 5.74) is 2.63. The molecule has 0 bridgehead atoms. The minimum atomic E-state index is -0.394. The summed E-state index contributed by atoms with van der Waals surface area (Å²) < 4.78 is 0. The Kier molecular flexibility index (Phi) is 5.13. The van der Waals surface area contributed by atoms with Gasteiger partial charge in [0.05, 0.1) is 11.4 Å². The van der Waals surface area contributed by atoms with E-state index in [9.17, 15) is 14.4 Å². The standard InChI is InChI=1S/C18H18N4O3S/c1-11(23)19-12-3-5-13(6-4-12)20-18(25)21-14-7-8-16-15(9-14)22(2)17(24)10-26-16/h3-9H,10H2,1-2H3,(H,19,23)(H2,20,21,25). The molecule has 1 heterocycles. The maximum atomic E-state index is 12.2. The van der Waals surface area contributed by atoms with E-state index < -0.39 is 6.03 Å². The summed E-state index contributed by atoms with van der Waals surface area (Å²) in [6, 6.07) is 11.9. The van der Waals surface area contributed by atoms with Crippen molar-refractivity contribution < 1.29 is 14.4 Å². The molecule has 0 saturated heterocycles. The normalized spacial score (nSPS) is 13.0. The van der Waals surface area contributed by atoms with Crippen molar-refractivity contribution in [2.75, 3.05) is 33.7 Å². The van der Waals surface area contributed by atoms with Crippen LogP contribution in [0, 0.1) is 0 Å². The Hall–Kier alpha value is -3.00. The van der Waals surface area contributed by atoms with Crippen molar-refractivity contribution in [1.82, 2.24) is 0 Å². The van der Waals surface area contributed by atoms with Gasteiger partial charge in [-0.1, -0.05) is 0 Å². The molecule has 0 atom stereocenters. The second-order valence-corrected chi connectivity index (χ2v) is 6.78. The van der Waals surface area contributed by atoms with Crippen LogP contribution in [0.5, 0.6) is 0 Å². The lowest BCUT2D eigenvalue weighted by Gasteiger charge is -2.25. The number of nitrogens with one attached hydrogen (secondary N) is 3. The highest BCUT2D eigenvalue weighted by Crippen LogP contribution is 2.36. The van der Waals surface area contributed by atoms with Crippen LogP contribution in [-0.2, 0) is 9.59 Å². The Morgan fingerprint density at radius 3 is 2.19 bits per heavy atom. The van der Waals surface area contributed by atoms with Gasteiger partial charge in [-0.2, -0.15) is 0 Å². The average molecular weight is 370 g/mol. The van der Waals surface area contributed by atoms with Crippen molar-refractivity contribution in [2.24, 2.45) is 0 Å². The Morgan fingerprint density at radius 2 is 1.54 bits per heavy atom. The van der Waals surface area contributed by atoms with Crippen LogP contribution in [0.4, 0.5) is 27.5 Å². The van der Waals surface area contributed by atoms with Crippen molar-refractivity contribution in [3.8, 4) is 0 Å². The summed E-state index contributed by atoms with van der Waals surface area (Å²) in [7, 11) is 1.72. The van der Waals surface area contributed by atoms with Gasteiger partial charge in [-0.3, -0.25) is 9.59 Å². The van der Waals surface area contributed by atoms with Gasteiger partial charge in [0.15, 0.2) is 0 Å². The van der Waals surface area contributed by atoms with Crippen LogP contribution in [0.2, 0.25) is 0 Å². The fourth-order valence-electron chi connectivity index (χ4n) is 2.48. The number of hydrogen-bond acceptors (Lipinski definition) is 4. The first kappa shape index (κ1) is 17.8. The van der Waals surface area contributed by atoms with E-state index in [0.29, 0.717) is 22.8 Å². The number of rotatable bonds is 3. The third-order valence-corrected chi connectivity index (χ3v) is 4.81. The minimum Gasteiger partial charge on any atom is -0.326 e. The van der Waals surface area contributed by atoms with E-state index in [1.54, 1.807) is 48.3 Å². The van der Waals surface area contributed by atoms with Gasteiger partial charge in [0, 0.05) is 35.9 Å². The second-order valence-electron chi connectivity index (χ2n) is 5.76. The van der Waals surface area contributed by atoms with E-state index in [1.807, 2.05) is 6.07 Å². The molecule has 0 aliphatic carbocycles. The molecule has 8 heteroatoms. The maximum Gasteiger partial charge on any atom is 0.323 e. The van der Waals surface area contributed by atoms with Crippen molar-refractivity contribution in [3.05, 3.63) is 42.5 Å². The van der Waals surface area contributed by atoms with Gasteiger partial charge in [0.1, 0.15) is 0 Å². The zero-order valence-corrected chi connectivity index (χ0v) is 15.1. The third-order valence-electron chi connectivity index (χ3n) is 3.77. The number of fused-ring (bicyclic) bond motifs is 1. The van der Waals surface area contributed by atoms with E-state index in [2.05, 4.69) is 16.0 Å². The van der Waals surface area contributed by atoms with E-state index in [-0.39, 0.29) is 11.8 Å². The summed E-state index contributed by atoms with van der Waals surface area (Å²) in [4.78, 5) is 37.6. The Balaban J connectivity index is 1.65. The molecular weight excluding hydrogens is 352 g/mol. The monoisotopic (exact) mass is 370 g/mol. The van der Waals surface area contributed by atoms with Gasteiger partial charge in [-0.25, -0.2) is 4.79 Å². The number of nitrogens with zero attached hydrogens (tertiary/aromatic N) is 1. The zero-order valence-electron chi connectivity index (χ0n) is 14.3. The predicted molar refractivity (Wildman–Crippen MR) is 104 cm³/mol. The van der Waals surface area contributed by atoms with E-state index in [1.165, 1.54) is 18.7 Å². The number of carbonyl (C=O) groups is 3. The van der Waals surface area contributed by atoms with Gasteiger partial charge < -0.3 is 20.9 Å². The Morgan fingerprint density at radius 1 is 0.962 bits per heavy atom. The number of urea groups is 1. The summed E-state index contributed by atoms with van der Waals surface area (Å²) in [6.07, 6.45) is 0. The molecule has 0 saturated carbocycles. The van der Waals surface area contributed by atoms with Gasteiger partial charge in [-0.15, -0.1) is 11.8 Å². The molecule has 0 fully saturated rings. The van der Waals surface area contributed by atoms with E-state index >= 15 is 0 Å². The summed E-state index contributed by atoms with van der Waals surface area (Å²) >= 11 is 1.49. The predicted octanol–water partition coefficient (Wildman–Crippen LogP) is 3.36. The highest BCUT2D eigenvalue weighted by atomic mass is 32.2. The number of carbonyl (C=O) groups excluding carboxylic acids is 3. The molecule has 2 aromatic carbocycles. The van der Waals surface area contributed by atoms with Gasteiger partial charge >= 0.3 is 6.03 Å². The number of anilines is 4. The first-order chi connectivity index (χ1) is 12.4. The van der Waals surface area contributed by atoms with E-state index in [4.69, 9.17) is 0 Å². The SMILES string of the molecule is CC(=O)Nc1ccc(NC(=O)Nc2ccc3c(c2)N(C)C(=O)CS3)cc1. The van der Waals surface area contributed by atoms with Crippen LogP contribution in [0.1, 0.15) is 6.92 Å². The van der Waals surface area contributed by atoms with Crippen molar-refractivity contribution in [3.63, 3.8) is 0 Å². The molecular formula is C18H18N4O3S. The molecule has 0 spiro atoms. The molecule has 0 radical (unpaired) electrons. The Labute approximate surface area is 155 Å². The van der Waals surface area contributed by atoms with Crippen LogP contribution in [-0.4, -0.2) is 30.6 Å². The van der Waals surface area contributed by atoms with Crippen LogP contribution < -0.4 is 20.9 Å². The highest BCUT2D eigenvalue weighted by molar-refractivity contribution is 8.00. The highest BCUT2D eigenvalue weighted by Gasteiger charge is 2.21. The quantitative estimate of drug-likeness (QED) is 0.773. The summed E-state index contributed by atoms with van der Waals surface area (Å²) in [6.45, 7) is 1.43. The van der Waals surface area contributed by atoms with Crippen molar-refractivity contribution in [2.45, 2.75) is 11.8 Å². The molecule has 2 aromatic rings. The minimum absolute atomic E-state index is 0.0309. The number of thioether (sulfide) groups is 1. The largest absolute Gasteiger partial charge is 0.326 e. The molecule has 1 aliphatic rings. The molecule has 4 amide bonds. The zero-order chi connectivity index (χ0) is 18.7. The van der Waals surface area contributed by atoms with Crippen molar-refractivity contribution >= 4 is 52.4 Å². The second kappa shape index (κ2) is 7.49. The fraction of sp³-hybridized carbons (Fsp3) is 0.167. The average Bonchev–Trinajstić information content (AvgIpc) is 2.60. The number of benzene rings is 2. The molecule has 0 aromatic heterocycles. The summed E-state index contributed by atoms with van der Waals surface area (Å²) in [5, 5.41) is 8.14. The van der Waals surface area contributed by atoms with Crippen LogP contribution in [0.15, 0.2) is 47.4 Å². The van der Waals surface area contributed by atoms with Crippen LogP contribution in [0.3, 0.4) is 0 Å². The number of hydrogen-bond donors (Lipinski definition) is 3. The topological polar surface area (TPSA) is 90.5 Å². The first-order valence-corrected chi connectivity index (χ1v) is 8.90. The lowest BCUT2D eigenvalue weighted by molar-refractivity contribution is -0.116. The van der Waals surface area contributed by atoms with E-state index in [0.717, 1.165) is 10.6 Å². The molecule has 1 aliphatic heterocycles. The number of amides is 4. The first-order valence-electron chi connectivity index (χ1n) is 7.91. The molecule has 26 heavy (non-hydrogen) atoms. The molecule has 0 unspecified atom stereocenters. The lowest BCUT2D eigenvalue weighted by Crippen LogP contribution is -2.31. The van der Waals surface area contributed by atoms with Crippen molar-refractivity contribution in [1.29, 1.82) is 0 Å². The fourth-order valence-corrected chi connectivity index (χ4v) is 3.46. The molecule has 3 rings (SSSR count). The summed E-state index contributed by atoms with van der Waals surface area (Å²) in [5.74, 6) is 0.298. The van der Waals surface area contributed by atoms with Crippen LogP contribution >= 0.6 is 11.8 Å². The van der Waals surface area contributed by atoms with Crippen LogP contribution in [0.25, 0.3) is 0 Å². The molecule has 3 N–H and O–H groups in total. The van der Waals surface area contributed by atoms with Gasteiger partial charge in [0.2, 0.25) is 11.8 Å². The molecule has 134 valence electrons. The van der Waals surface area contributed by atoms with Gasteiger partial charge in [0.25, 0.3) is 0 Å². The third kappa shape index (κ3) is 4.15. The van der Waals surface area contributed by atoms with Gasteiger partial charge in [-0.05, 0) is 42.5 Å². The molecule has 7 nitrogen and oxygen atoms in total. The maximum absolute atomic E-state index is 12.2.